The largest absolute Gasteiger partial charge is 0.396 e. The summed E-state index contributed by atoms with van der Waals surface area (Å²) in [6, 6.07) is 0. The predicted octanol–water partition coefficient (Wildman–Crippen LogP) is 1.74. The first-order valence-corrected chi connectivity index (χ1v) is 4.53. The molecule has 1 saturated heterocycles. The third-order valence-electron chi connectivity index (χ3n) is 2.70. The summed E-state index contributed by atoms with van der Waals surface area (Å²) in [5.41, 5.74) is -0.159. The summed E-state index contributed by atoms with van der Waals surface area (Å²) in [5.74, 6) is 0.242. The molecule has 2 nitrogen and oxygen atoms in total. The van der Waals surface area contributed by atoms with Gasteiger partial charge in [0.2, 0.25) is 0 Å². The van der Waals surface area contributed by atoms with Crippen molar-refractivity contribution in [1.82, 2.24) is 0 Å². The quantitative estimate of drug-likeness (QED) is 0.654. The lowest BCUT2D eigenvalue weighted by molar-refractivity contribution is -0.0305. The number of aliphatic hydroxyl groups excluding tert-OH is 1. The van der Waals surface area contributed by atoms with E-state index in [9.17, 15) is 0 Å². The van der Waals surface area contributed by atoms with Crippen molar-refractivity contribution >= 4 is 0 Å². The van der Waals surface area contributed by atoms with Crippen molar-refractivity contribution in [3.8, 4) is 0 Å². The van der Waals surface area contributed by atoms with Crippen LogP contribution in [0, 0.1) is 5.92 Å². The third kappa shape index (κ3) is 1.87. The number of rotatable bonds is 3. The first-order chi connectivity index (χ1) is 5.61. The van der Waals surface area contributed by atoms with Gasteiger partial charge in [0.1, 0.15) is 0 Å². The highest BCUT2D eigenvalue weighted by Crippen LogP contribution is 2.33. The molecule has 0 aromatic carbocycles. The van der Waals surface area contributed by atoms with Gasteiger partial charge in [-0.25, -0.2) is 0 Å². The molecule has 0 aliphatic carbocycles. The number of ether oxygens (including phenoxy) is 1. The molecule has 12 heavy (non-hydrogen) atoms. The van der Waals surface area contributed by atoms with E-state index in [1.807, 2.05) is 19.9 Å². The minimum Gasteiger partial charge on any atom is -0.396 e. The summed E-state index contributed by atoms with van der Waals surface area (Å²) in [6.07, 6.45) is 4.12. The highest BCUT2D eigenvalue weighted by molar-refractivity contribution is 4.99. The zero-order chi connectivity index (χ0) is 9.19. The van der Waals surface area contributed by atoms with Crippen molar-refractivity contribution in [2.24, 2.45) is 5.92 Å². The van der Waals surface area contributed by atoms with Gasteiger partial charge in [-0.1, -0.05) is 13.0 Å². The van der Waals surface area contributed by atoms with E-state index in [1.54, 1.807) is 0 Å². The molecular weight excluding hydrogens is 152 g/mol. The van der Waals surface area contributed by atoms with Gasteiger partial charge in [0.05, 0.1) is 11.7 Å². The highest BCUT2D eigenvalue weighted by atomic mass is 16.5. The molecular formula is C10H18O2. The minimum atomic E-state index is -0.159. The second kappa shape index (κ2) is 3.58. The average Bonchev–Trinajstić information content (AvgIpc) is 2.48. The molecule has 1 heterocycles. The van der Waals surface area contributed by atoms with Crippen LogP contribution in [-0.2, 0) is 4.74 Å². The number of hydrogen-bond donors (Lipinski definition) is 1. The van der Waals surface area contributed by atoms with Gasteiger partial charge < -0.3 is 9.84 Å². The van der Waals surface area contributed by atoms with Gasteiger partial charge in [0.25, 0.3) is 0 Å². The fourth-order valence-corrected chi connectivity index (χ4v) is 1.56. The van der Waals surface area contributed by atoms with Crippen LogP contribution in [0.2, 0.25) is 0 Å². The molecule has 0 amide bonds. The van der Waals surface area contributed by atoms with E-state index in [2.05, 4.69) is 6.58 Å². The van der Waals surface area contributed by atoms with Crippen molar-refractivity contribution in [2.45, 2.75) is 38.4 Å². The Labute approximate surface area is 74.2 Å². The molecule has 0 aromatic heterocycles. The molecule has 1 aliphatic heterocycles. The molecule has 3 atom stereocenters. The van der Waals surface area contributed by atoms with E-state index in [0.717, 1.165) is 12.8 Å². The second-order valence-electron chi connectivity index (χ2n) is 3.87. The van der Waals surface area contributed by atoms with Gasteiger partial charge in [-0.2, -0.15) is 0 Å². The van der Waals surface area contributed by atoms with Gasteiger partial charge in [-0.05, 0) is 19.8 Å². The van der Waals surface area contributed by atoms with Crippen molar-refractivity contribution in [1.29, 1.82) is 0 Å². The van der Waals surface area contributed by atoms with E-state index in [4.69, 9.17) is 9.84 Å². The Morgan fingerprint density at radius 2 is 2.50 bits per heavy atom. The van der Waals surface area contributed by atoms with E-state index >= 15 is 0 Å². The van der Waals surface area contributed by atoms with Gasteiger partial charge in [0, 0.05) is 12.5 Å². The Morgan fingerprint density at radius 1 is 1.83 bits per heavy atom. The lowest BCUT2D eigenvalue weighted by Crippen LogP contribution is -2.26. The lowest BCUT2D eigenvalue weighted by Gasteiger charge is -2.23. The Morgan fingerprint density at radius 3 is 2.92 bits per heavy atom. The van der Waals surface area contributed by atoms with Crippen molar-refractivity contribution in [3.05, 3.63) is 12.7 Å². The summed E-state index contributed by atoms with van der Waals surface area (Å²) in [6.45, 7) is 8.01. The van der Waals surface area contributed by atoms with Crippen LogP contribution in [0.4, 0.5) is 0 Å². The lowest BCUT2D eigenvalue weighted by atomic mass is 9.99. The van der Waals surface area contributed by atoms with Crippen molar-refractivity contribution in [3.63, 3.8) is 0 Å². The highest BCUT2D eigenvalue weighted by Gasteiger charge is 2.35. The van der Waals surface area contributed by atoms with E-state index < -0.39 is 0 Å². The van der Waals surface area contributed by atoms with Crippen LogP contribution in [0.3, 0.4) is 0 Å². The monoisotopic (exact) mass is 170 g/mol. The maximum Gasteiger partial charge on any atom is 0.0836 e. The Bertz CT molecular complexity index is 167. The molecule has 1 N–H and O–H groups in total. The summed E-state index contributed by atoms with van der Waals surface area (Å²) in [4.78, 5) is 0. The van der Waals surface area contributed by atoms with Crippen LogP contribution in [0.15, 0.2) is 12.7 Å². The Hall–Kier alpha value is -0.340. The van der Waals surface area contributed by atoms with Crippen LogP contribution < -0.4 is 0 Å². The van der Waals surface area contributed by atoms with Gasteiger partial charge in [0.15, 0.2) is 0 Å². The summed E-state index contributed by atoms with van der Waals surface area (Å²) in [5, 5.41) is 8.93. The second-order valence-corrected chi connectivity index (χ2v) is 3.87. The molecule has 1 unspecified atom stereocenters. The molecule has 0 spiro atoms. The third-order valence-corrected chi connectivity index (χ3v) is 2.70. The SMILES string of the molecule is C=C[C@@]1(C)CC[C@H](C(C)CO)O1. The topological polar surface area (TPSA) is 29.5 Å². The summed E-state index contributed by atoms with van der Waals surface area (Å²) in [7, 11) is 0. The number of hydrogen-bond acceptors (Lipinski definition) is 2. The minimum absolute atomic E-state index is 0.159. The van der Waals surface area contributed by atoms with Crippen LogP contribution in [-0.4, -0.2) is 23.4 Å². The maximum absolute atomic E-state index is 8.93. The fourth-order valence-electron chi connectivity index (χ4n) is 1.56. The van der Waals surface area contributed by atoms with Gasteiger partial charge >= 0.3 is 0 Å². The molecule has 0 bridgehead atoms. The molecule has 70 valence electrons. The first kappa shape index (κ1) is 9.75. The molecule has 0 aromatic rings. The van der Waals surface area contributed by atoms with Gasteiger partial charge in [-0.3, -0.25) is 0 Å². The molecule has 0 radical (unpaired) electrons. The normalized spacial score (nSPS) is 38.1. The standard InChI is InChI=1S/C10H18O2/c1-4-10(3)6-5-9(12-10)8(2)7-11/h4,8-9,11H,1,5-7H2,2-3H3/t8?,9-,10+/m1/s1. The van der Waals surface area contributed by atoms with Crippen LogP contribution in [0.25, 0.3) is 0 Å². The summed E-state index contributed by atoms with van der Waals surface area (Å²) >= 11 is 0. The van der Waals surface area contributed by atoms with Crippen LogP contribution >= 0.6 is 0 Å². The first-order valence-electron chi connectivity index (χ1n) is 4.53. The summed E-state index contributed by atoms with van der Waals surface area (Å²) < 4.78 is 5.77. The van der Waals surface area contributed by atoms with E-state index in [1.165, 1.54) is 0 Å². The molecule has 2 heteroatoms. The van der Waals surface area contributed by atoms with E-state index in [-0.39, 0.29) is 24.2 Å². The van der Waals surface area contributed by atoms with Crippen molar-refractivity contribution in [2.75, 3.05) is 6.61 Å². The molecule has 0 saturated carbocycles. The van der Waals surface area contributed by atoms with E-state index in [0.29, 0.717) is 0 Å². The van der Waals surface area contributed by atoms with Gasteiger partial charge in [-0.15, -0.1) is 6.58 Å². The van der Waals surface area contributed by atoms with Crippen LogP contribution in [0.5, 0.6) is 0 Å². The smallest absolute Gasteiger partial charge is 0.0836 e. The Kier molecular flexibility index (Phi) is 2.91. The number of aliphatic hydroxyl groups is 1. The molecule has 1 aliphatic rings. The fraction of sp³-hybridized carbons (Fsp3) is 0.800. The predicted molar refractivity (Wildman–Crippen MR) is 49.0 cm³/mol. The molecule has 1 rings (SSSR count). The Balaban J connectivity index is 2.50. The van der Waals surface area contributed by atoms with Crippen molar-refractivity contribution < 1.29 is 9.84 Å². The molecule has 1 fully saturated rings. The zero-order valence-electron chi connectivity index (χ0n) is 7.92. The zero-order valence-corrected chi connectivity index (χ0v) is 7.92. The average molecular weight is 170 g/mol. The maximum atomic E-state index is 8.93. The van der Waals surface area contributed by atoms with Crippen LogP contribution in [0.1, 0.15) is 26.7 Å².